The van der Waals surface area contributed by atoms with Crippen LogP contribution in [0.3, 0.4) is 0 Å². The molecule has 1 N–H and O–H groups in total. The van der Waals surface area contributed by atoms with Crippen LogP contribution in [0.2, 0.25) is 0 Å². The summed E-state index contributed by atoms with van der Waals surface area (Å²) in [6, 6.07) is 10.2. The van der Waals surface area contributed by atoms with Gasteiger partial charge in [-0.3, -0.25) is 0 Å². The molecule has 0 saturated carbocycles. The van der Waals surface area contributed by atoms with Crippen LogP contribution < -0.4 is 0 Å². The smallest absolute Gasteiger partial charge is 0.0716 e. The van der Waals surface area contributed by atoms with Gasteiger partial charge < -0.3 is 9.84 Å². The molecule has 0 amide bonds. The maximum Gasteiger partial charge on any atom is 0.0716 e. The molecule has 0 unspecified atom stereocenters. The molecule has 0 fully saturated rings. The van der Waals surface area contributed by atoms with E-state index in [9.17, 15) is 0 Å². The van der Waals surface area contributed by atoms with Gasteiger partial charge in [0.1, 0.15) is 0 Å². The highest BCUT2D eigenvalue weighted by Crippen LogP contribution is 2.14. The van der Waals surface area contributed by atoms with E-state index >= 15 is 0 Å². The summed E-state index contributed by atoms with van der Waals surface area (Å²) in [5.41, 5.74) is 1.23. The lowest BCUT2D eigenvalue weighted by molar-refractivity contribution is 0.104. The van der Waals surface area contributed by atoms with E-state index in [-0.39, 0.29) is 6.61 Å². The highest BCUT2D eigenvalue weighted by atomic mass is 16.5. The fourth-order valence-electron chi connectivity index (χ4n) is 1.93. The second-order valence-electron chi connectivity index (χ2n) is 4.96. The van der Waals surface area contributed by atoms with Gasteiger partial charge in [-0.25, -0.2) is 0 Å². The van der Waals surface area contributed by atoms with Crippen LogP contribution >= 0.6 is 0 Å². The van der Waals surface area contributed by atoms with Crippen molar-refractivity contribution in [3.8, 4) is 0 Å². The summed E-state index contributed by atoms with van der Waals surface area (Å²) in [5.74, 6) is 1.02. The van der Waals surface area contributed by atoms with Gasteiger partial charge in [-0.15, -0.1) is 0 Å². The van der Waals surface area contributed by atoms with Crippen molar-refractivity contribution in [3.63, 3.8) is 0 Å². The topological polar surface area (TPSA) is 29.5 Å². The van der Waals surface area contributed by atoms with E-state index in [1.165, 1.54) is 5.56 Å². The summed E-state index contributed by atoms with van der Waals surface area (Å²) < 4.78 is 5.64. The van der Waals surface area contributed by atoms with E-state index in [1.54, 1.807) is 0 Å². The number of benzene rings is 1. The average Bonchev–Trinajstić information content (AvgIpc) is 2.36. The first-order valence-corrected chi connectivity index (χ1v) is 6.45. The second-order valence-corrected chi connectivity index (χ2v) is 4.96. The van der Waals surface area contributed by atoms with Crippen LogP contribution in [-0.2, 0) is 11.3 Å². The number of hydrogen-bond acceptors (Lipinski definition) is 2. The molecule has 2 heteroatoms. The van der Waals surface area contributed by atoms with Crippen LogP contribution in [0, 0.1) is 11.8 Å². The minimum Gasteiger partial charge on any atom is -0.396 e. The Morgan fingerprint density at radius 3 is 2.47 bits per heavy atom. The number of aliphatic hydroxyl groups excluding tert-OH is 1. The Bertz CT molecular complexity index is 284. The SMILES string of the molecule is C[C@H](CO)C[C@H](C)CCOCc1ccccc1. The van der Waals surface area contributed by atoms with Gasteiger partial charge in [-0.1, -0.05) is 44.2 Å². The minimum atomic E-state index is 0.287. The zero-order chi connectivity index (χ0) is 12.5. The number of rotatable bonds is 8. The quantitative estimate of drug-likeness (QED) is 0.702. The molecule has 0 aliphatic carbocycles. The van der Waals surface area contributed by atoms with Crippen molar-refractivity contribution in [1.29, 1.82) is 0 Å². The van der Waals surface area contributed by atoms with Gasteiger partial charge in [-0.05, 0) is 30.2 Å². The van der Waals surface area contributed by atoms with Crippen LogP contribution in [0.25, 0.3) is 0 Å². The van der Waals surface area contributed by atoms with Crippen molar-refractivity contribution in [1.82, 2.24) is 0 Å². The third kappa shape index (κ3) is 6.44. The van der Waals surface area contributed by atoms with Gasteiger partial charge in [-0.2, -0.15) is 0 Å². The van der Waals surface area contributed by atoms with Crippen LogP contribution in [0.5, 0.6) is 0 Å². The van der Waals surface area contributed by atoms with Crippen molar-refractivity contribution >= 4 is 0 Å². The molecule has 1 aromatic carbocycles. The van der Waals surface area contributed by atoms with Crippen LogP contribution in [0.1, 0.15) is 32.3 Å². The third-order valence-corrected chi connectivity index (χ3v) is 2.98. The molecule has 17 heavy (non-hydrogen) atoms. The molecule has 0 aliphatic rings. The highest BCUT2D eigenvalue weighted by molar-refractivity contribution is 5.13. The molecular formula is C15H24O2. The van der Waals surface area contributed by atoms with Crippen molar-refractivity contribution in [2.24, 2.45) is 11.8 Å². The van der Waals surface area contributed by atoms with Gasteiger partial charge in [0.05, 0.1) is 6.61 Å². The fourth-order valence-corrected chi connectivity index (χ4v) is 1.93. The van der Waals surface area contributed by atoms with E-state index in [4.69, 9.17) is 9.84 Å². The lowest BCUT2D eigenvalue weighted by Crippen LogP contribution is -2.09. The summed E-state index contributed by atoms with van der Waals surface area (Å²) in [7, 11) is 0. The fraction of sp³-hybridized carbons (Fsp3) is 0.600. The van der Waals surface area contributed by atoms with Crippen LogP contribution in [-0.4, -0.2) is 18.3 Å². The first-order valence-electron chi connectivity index (χ1n) is 6.45. The van der Waals surface area contributed by atoms with Gasteiger partial charge in [0.2, 0.25) is 0 Å². The van der Waals surface area contributed by atoms with Crippen molar-refractivity contribution in [3.05, 3.63) is 35.9 Å². The molecule has 2 nitrogen and oxygen atoms in total. The number of ether oxygens (including phenoxy) is 1. The summed E-state index contributed by atoms with van der Waals surface area (Å²) in [4.78, 5) is 0. The van der Waals surface area contributed by atoms with Gasteiger partial charge in [0.25, 0.3) is 0 Å². The van der Waals surface area contributed by atoms with Gasteiger partial charge in [0, 0.05) is 13.2 Å². The Morgan fingerprint density at radius 1 is 1.12 bits per heavy atom. The van der Waals surface area contributed by atoms with E-state index in [0.717, 1.165) is 19.4 Å². The number of aliphatic hydroxyl groups is 1. The molecule has 2 atom stereocenters. The zero-order valence-corrected chi connectivity index (χ0v) is 10.9. The van der Waals surface area contributed by atoms with Crippen molar-refractivity contribution in [2.45, 2.75) is 33.3 Å². The molecule has 0 aromatic heterocycles. The molecule has 0 heterocycles. The lowest BCUT2D eigenvalue weighted by atomic mass is 9.96. The predicted molar refractivity (Wildman–Crippen MR) is 70.7 cm³/mol. The molecule has 0 radical (unpaired) electrons. The first-order chi connectivity index (χ1) is 8.22. The summed E-state index contributed by atoms with van der Waals surface area (Å²) >= 11 is 0. The van der Waals surface area contributed by atoms with E-state index in [2.05, 4.69) is 26.0 Å². The number of hydrogen-bond donors (Lipinski definition) is 1. The average molecular weight is 236 g/mol. The van der Waals surface area contributed by atoms with Crippen molar-refractivity contribution in [2.75, 3.05) is 13.2 Å². The van der Waals surface area contributed by atoms with Crippen LogP contribution in [0.15, 0.2) is 30.3 Å². The Hall–Kier alpha value is -0.860. The monoisotopic (exact) mass is 236 g/mol. The lowest BCUT2D eigenvalue weighted by Gasteiger charge is -2.15. The summed E-state index contributed by atoms with van der Waals surface area (Å²) in [6.45, 7) is 6.09. The minimum absolute atomic E-state index is 0.287. The molecule has 1 aromatic rings. The zero-order valence-electron chi connectivity index (χ0n) is 10.9. The van der Waals surface area contributed by atoms with Crippen LogP contribution in [0.4, 0.5) is 0 Å². The van der Waals surface area contributed by atoms with E-state index < -0.39 is 0 Å². The maximum atomic E-state index is 8.97. The molecule has 0 spiro atoms. The molecule has 0 saturated heterocycles. The molecule has 0 aliphatic heterocycles. The highest BCUT2D eigenvalue weighted by Gasteiger charge is 2.07. The summed E-state index contributed by atoms with van der Waals surface area (Å²) in [5, 5.41) is 8.97. The maximum absolute atomic E-state index is 8.97. The normalized spacial score (nSPS) is 14.5. The first kappa shape index (κ1) is 14.2. The molecule has 1 rings (SSSR count). The molecule has 0 bridgehead atoms. The third-order valence-electron chi connectivity index (χ3n) is 2.98. The Kier molecular flexibility index (Phi) is 6.90. The van der Waals surface area contributed by atoms with Gasteiger partial charge >= 0.3 is 0 Å². The Morgan fingerprint density at radius 2 is 1.82 bits per heavy atom. The van der Waals surface area contributed by atoms with Gasteiger partial charge in [0.15, 0.2) is 0 Å². The largest absolute Gasteiger partial charge is 0.396 e. The van der Waals surface area contributed by atoms with E-state index in [0.29, 0.717) is 18.4 Å². The molecular weight excluding hydrogens is 212 g/mol. The Labute approximate surface area is 105 Å². The van der Waals surface area contributed by atoms with Crippen molar-refractivity contribution < 1.29 is 9.84 Å². The molecule has 96 valence electrons. The van der Waals surface area contributed by atoms with E-state index in [1.807, 2.05) is 18.2 Å². The standard InChI is InChI=1S/C15H24O2/c1-13(10-14(2)11-16)8-9-17-12-15-6-4-3-5-7-15/h3-7,13-14,16H,8-12H2,1-2H3/t13-,14+/m1/s1. The Balaban J connectivity index is 2.08. The predicted octanol–water partition coefficient (Wildman–Crippen LogP) is 3.25. The summed E-state index contributed by atoms with van der Waals surface area (Å²) in [6.07, 6.45) is 2.14. The second kappa shape index (κ2) is 8.26.